The molecule has 2 rings (SSSR count). The van der Waals surface area contributed by atoms with Gasteiger partial charge in [-0.15, -0.1) is 0 Å². The van der Waals surface area contributed by atoms with E-state index in [1.165, 1.54) is 17.0 Å². The Hall–Kier alpha value is -2.05. The zero-order valence-corrected chi connectivity index (χ0v) is 23.1. The molecule has 11 nitrogen and oxygen atoms in total. The Balaban J connectivity index is 2.44. The number of aliphatic hydroxyl groups excluding tert-OH is 3. The summed E-state index contributed by atoms with van der Waals surface area (Å²) in [7, 11) is -4.84. The molecule has 38 heavy (non-hydrogen) atoms. The molecule has 0 radical (unpaired) electrons. The maximum atomic E-state index is 13.8. The lowest BCUT2D eigenvalue weighted by molar-refractivity contribution is -0.891. The van der Waals surface area contributed by atoms with Crippen LogP contribution in [0, 0.1) is 5.21 Å². The summed E-state index contributed by atoms with van der Waals surface area (Å²) in [6.07, 6.45) is 0.963. The standard InChI is InChI=1S/C26H41N2O9P/c1-4-19-11-18(15-29)12-25(33)23(19)14-28(34,6-3)10-9-27(26(17-31)38(35,36)37)13-22-21(5-2)20(16-30)7-8-24(22)32/h7-8,11-12,26,29-33H,4-6,9-10,13-17H2,1-3H3,(H2,35,36,37). The minimum atomic E-state index is -4.84. The van der Waals surface area contributed by atoms with Crippen molar-refractivity contribution in [1.29, 1.82) is 0 Å². The van der Waals surface area contributed by atoms with Crippen LogP contribution >= 0.6 is 7.60 Å². The summed E-state index contributed by atoms with van der Waals surface area (Å²) in [6, 6.07) is 6.12. The number of aromatic hydroxyl groups is 2. The quantitative estimate of drug-likeness (QED) is 0.0973. The number of nitrogens with zero attached hydrogens (tertiary/aromatic N) is 2. The smallest absolute Gasteiger partial charge is 0.344 e. The molecular formula is C26H41N2O9P. The molecule has 0 aliphatic rings. The van der Waals surface area contributed by atoms with E-state index in [4.69, 9.17) is 0 Å². The van der Waals surface area contributed by atoms with Crippen molar-refractivity contribution in [3.63, 3.8) is 0 Å². The summed E-state index contributed by atoms with van der Waals surface area (Å²) in [5, 5.41) is 64.1. The zero-order valence-electron chi connectivity index (χ0n) is 22.2. The summed E-state index contributed by atoms with van der Waals surface area (Å²) in [4.78, 5) is 21.2. The van der Waals surface area contributed by atoms with Gasteiger partial charge in [-0.3, -0.25) is 9.46 Å². The Kier molecular flexibility index (Phi) is 11.7. The summed E-state index contributed by atoms with van der Waals surface area (Å²) in [5.41, 5.74) is 3.24. The lowest BCUT2D eigenvalue weighted by Crippen LogP contribution is -2.49. The number of aliphatic hydroxyl groups is 3. The lowest BCUT2D eigenvalue weighted by Gasteiger charge is -2.44. The first kappa shape index (κ1) is 32.2. The molecule has 7 N–H and O–H groups in total. The van der Waals surface area contributed by atoms with E-state index >= 15 is 0 Å². The first-order valence-electron chi connectivity index (χ1n) is 12.7. The summed E-state index contributed by atoms with van der Waals surface area (Å²) in [6.45, 7) is 3.54. The molecule has 0 amide bonds. The molecule has 0 spiro atoms. The van der Waals surface area contributed by atoms with Crippen LogP contribution in [0.5, 0.6) is 11.5 Å². The first-order valence-corrected chi connectivity index (χ1v) is 14.4. The Labute approximate surface area is 223 Å². The predicted molar refractivity (Wildman–Crippen MR) is 143 cm³/mol. The number of hydroxylamine groups is 3. The van der Waals surface area contributed by atoms with Gasteiger partial charge >= 0.3 is 7.60 Å². The highest BCUT2D eigenvalue weighted by Crippen LogP contribution is 2.44. The Morgan fingerprint density at radius 2 is 1.61 bits per heavy atom. The van der Waals surface area contributed by atoms with Crippen LogP contribution in [0.2, 0.25) is 0 Å². The molecular weight excluding hydrogens is 515 g/mol. The molecule has 214 valence electrons. The number of phenols is 2. The SMILES string of the molecule is CCc1cc(CO)cc(O)c1C[N+]([O-])(CC)CCN(Cc1c(O)ccc(CO)c1CC)C(CO)P(=O)(O)O. The van der Waals surface area contributed by atoms with E-state index in [9.17, 15) is 45.1 Å². The van der Waals surface area contributed by atoms with Crippen molar-refractivity contribution in [1.82, 2.24) is 4.90 Å². The number of hydrogen-bond donors (Lipinski definition) is 7. The third-order valence-electron chi connectivity index (χ3n) is 7.12. The molecule has 0 heterocycles. The number of phenolic OH excluding ortho intramolecular Hbond substituents is 2. The Bertz CT molecular complexity index is 1120. The van der Waals surface area contributed by atoms with Crippen LogP contribution in [-0.2, 0) is 43.7 Å². The molecule has 0 fully saturated rings. The highest BCUT2D eigenvalue weighted by atomic mass is 31.2. The average Bonchev–Trinajstić information content (AvgIpc) is 2.88. The molecule has 0 saturated carbocycles. The number of aryl methyl sites for hydroxylation is 1. The van der Waals surface area contributed by atoms with Crippen molar-refractivity contribution in [3.05, 3.63) is 62.9 Å². The molecule has 2 aromatic rings. The lowest BCUT2D eigenvalue weighted by atomic mass is 9.97. The summed E-state index contributed by atoms with van der Waals surface area (Å²) >= 11 is 0. The van der Waals surface area contributed by atoms with Crippen molar-refractivity contribution in [2.75, 3.05) is 26.2 Å². The minimum Gasteiger partial charge on any atom is -0.633 e. The fourth-order valence-corrected chi connectivity index (χ4v) is 5.62. The van der Waals surface area contributed by atoms with Gasteiger partial charge in [-0.05, 0) is 54.2 Å². The second-order valence-corrected chi connectivity index (χ2v) is 11.2. The monoisotopic (exact) mass is 556 g/mol. The van der Waals surface area contributed by atoms with Gasteiger partial charge in [0.1, 0.15) is 23.8 Å². The zero-order chi connectivity index (χ0) is 28.7. The van der Waals surface area contributed by atoms with E-state index in [1.807, 2.05) is 13.8 Å². The van der Waals surface area contributed by atoms with E-state index in [-0.39, 0.29) is 57.4 Å². The Morgan fingerprint density at radius 3 is 2.11 bits per heavy atom. The van der Waals surface area contributed by atoms with Gasteiger partial charge in [-0.2, -0.15) is 0 Å². The number of quaternary nitrogens is 1. The normalized spacial score (nSPS) is 14.6. The molecule has 2 unspecified atom stereocenters. The second-order valence-electron chi connectivity index (χ2n) is 9.46. The van der Waals surface area contributed by atoms with Gasteiger partial charge in [0.15, 0.2) is 0 Å². The van der Waals surface area contributed by atoms with Crippen LogP contribution < -0.4 is 0 Å². The van der Waals surface area contributed by atoms with Crippen molar-refractivity contribution < 1.29 is 44.5 Å². The summed E-state index contributed by atoms with van der Waals surface area (Å²) in [5.74, 6) is -1.83. The third kappa shape index (κ3) is 7.75. The summed E-state index contributed by atoms with van der Waals surface area (Å²) < 4.78 is 11.5. The molecule has 0 aliphatic heterocycles. The van der Waals surface area contributed by atoms with Crippen LogP contribution in [0.3, 0.4) is 0 Å². The number of hydrogen-bond acceptors (Lipinski definition) is 8. The van der Waals surface area contributed by atoms with E-state index in [0.717, 1.165) is 5.56 Å². The van der Waals surface area contributed by atoms with Gasteiger partial charge in [-0.25, -0.2) is 0 Å². The van der Waals surface area contributed by atoms with E-state index < -0.39 is 24.6 Å². The van der Waals surface area contributed by atoms with Crippen LogP contribution in [0.25, 0.3) is 0 Å². The maximum Gasteiger partial charge on any atom is 0.344 e. The highest BCUT2D eigenvalue weighted by molar-refractivity contribution is 7.52. The van der Waals surface area contributed by atoms with Crippen molar-refractivity contribution in [2.24, 2.45) is 0 Å². The van der Waals surface area contributed by atoms with Gasteiger partial charge < -0.3 is 45.2 Å². The second kappa shape index (κ2) is 13.8. The van der Waals surface area contributed by atoms with Gasteiger partial charge in [0.2, 0.25) is 0 Å². The van der Waals surface area contributed by atoms with Crippen molar-refractivity contribution in [3.8, 4) is 11.5 Å². The Morgan fingerprint density at radius 1 is 0.921 bits per heavy atom. The third-order valence-corrected chi connectivity index (χ3v) is 8.39. The first-order chi connectivity index (χ1) is 17.9. The largest absolute Gasteiger partial charge is 0.633 e. The molecule has 2 atom stereocenters. The topological polar surface area (TPSA) is 185 Å². The number of rotatable bonds is 15. The highest BCUT2D eigenvalue weighted by Gasteiger charge is 2.36. The number of likely N-dealkylation sites (N-methyl/N-ethyl adjacent to an activating group) is 1. The minimum absolute atomic E-state index is 0.0983. The van der Waals surface area contributed by atoms with Crippen LogP contribution in [0.1, 0.15) is 54.2 Å². The maximum absolute atomic E-state index is 13.8. The van der Waals surface area contributed by atoms with E-state index in [1.54, 1.807) is 19.1 Å². The van der Waals surface area contributed by atoms with E-state index in [2.05, 4.69) is 0 Å². The van der Waals surface area contributed by atoms with E-state index in [0.29, 0.717) is 40.7 Å². The fraction of sp³-hybridized carbons (Fsp3) is 0.538. The molecule has 0 bridgehead atoms. The van der Waals surface area contributed by atoms with Crippen LogP contribution in [-0.4, -0.2) is 76.9 Å². The molecule has 2 aromatic carbocycles. The molecule has 0 aliphatic carbocycles. The van der Waals surface area contributed by atoms with Crippen LogP contribution in [0.15, 0.2) is 24.3 Å². The van der Waals surface area contributed by atoms with Crippen molar-refractivity contribution >= 4 is 7.60 Å². The van der Waals surface area contributed by atoms with Gasteiger partial charge in [0, 0.05) is 18.7 Å². The number of benzene rings is 2. The van der Waals surface area contributed by atoms with Gasteiger partial charge in [0.25, 0.3) is 0 Å². The average molecular weight is 557 g/mol. The fourth-order valence-electron chi connectivity index (χ4n) is 4.78. The molecule has 0 aromatic heterocycles. The van der Waals surface area contributed by atoms with Gasteiger partial charge in [0.05, 0.1) is 38.5 Å². The molecule has 0 saturated heterocycles. The molecule has 12 heteroatoms. The predicted octanol–water partition coefficient (Wildman–Crippen LogP) is 2.04. The van der Waals surface area contributed by atoms with Crippen molar-refractivity contribution in [2.45, 2.75) is 65.7 Å². The van der Waals surface area contributed by atoms with Crippen LogP contribution in [0.4, 0.5) is 0 Å². The van der Waals surface area contributed by atoms with Gasteiger partial charge in [-0.1, -0.05) is 26.0 Å².